The zero-order valence-corrected chi connectivity index (χ0v) is 9.24. The van der Waals surface area contributed by atoms with Crippen molar-refractivity contribution in [2.45, 2.75) is 57.8 Å². The molecule has 0 radical (unpaired) electrons. The van der Waals surface area contributed by atoms with Gasteiger partial charge in [0.15, 0.2) is 0 Å². The van der Waals surface area contributed by atoms with Crippen LogP contribution in [-0.2, 0) is 0 Å². The Kier molecular flexibility index (Phi) is 6.09. The van der Waals surface area contributed by atoms with Crippen molar-refractivity contribution < 1.29 is 0 Å². The highest BCUT2D eigenvalue weighted by atomic mass is 32.1. The smallest absolute Gasteiger partial charge is 0.00335 e. The van der Waals surface area contributed by atoms with E-state index in [-0.39, 0.29) is 0 Å². The lowest BCUT2D eigenvalue weighted by Crippen LogP contribution is -1.93. The van der Waals surface area contributed by atoms with E-state index in [9.17, 15) is 0 Å². The lowest BCUT2D eigenvalue weighted by atomic mass is 10.0. The summed E-state index contributed by atoms with van der Waals surface area (Å²) >= 11 is 5.28. The quantitative estimate of drug-likeness (QED) is 0.408. The maximum atomic E-state index is 5.28. The zero-order valence-electron chi connectivity index (χ0n) is 8.43. The lowest BCUT2D eigenvalue weighted by Gasteiger charge is -2.03. The normalized spacial score (nSPS) is 22.0. The lowest BCUT2D eigenvalue weighted by molar-refractivity contribution is 0.602. The maximum Gasteiger partial charge on any atom is -0.00335 e. The molecule has 0 unspecified atom stereocenters. The molecule has 0 aromatic rings. The highest BCUT2D eigenvalue weighted by molar-refractivity contribution is 7.80. The summed E-state index contributed by atoms with van der Waals surface area (Å²) in [7, 11) is 0. The minimum absolute atomic E-state index is 1.04. The fourth-order valence-corrected chi connectivity index (χ4v) is 1.97. The summed E-state index contributed by atoms with van der Waals surface area (Å²) in [6.45, 7) is 0. The number of hydrogen-bond donors (Lipinski definition) is 0. The van der Waals surface area contributed by atoms with E-state index in [1.165, 1.54) is 56.2 Å². The van der Waals surface area contributed by atoms with Crippen molar-refractivity contribution in [3.63, 3.8) is 0 Å². The van der Waals surface area contributed by atoms with Crippen LogP contribution in [0.15, 0.2) is 12.2 Å². The molecule has 1 aliphatic rings. The van der Waals surface area contributed by atoms with Crippen LogP contribution in [0.25, 0.3) is 0 Å². The molecule has 0 aromatic carbocycles. The Hall–Kier alpha value is -0.170. The molecule has 0 bridgehead atoms. The van der Waals surface area contributed by atoms with Gasteiger partial charge in [0, 0.05) is 0 Å². The van der Waals surface area contributed by atoms with Crippen LogP contribution in [0, 0.1) is 0 Å². The van der Waals surface area contributed by atoms with Gasteiger partial charge in [-0.1, -0.05) is 50.1 Å². The molecule has 0 nitrogen and oxygen atoms in total. The Labute approximate surface area is 87.4 Å². The molecule has 13 heavy (non-hydrogen) atoms. The van der Waals surface area contributed by atoms with E-state index < -0.39 is 0 Å². The van der Waals surface area contributed by atoms with E-state index in [1.807, 2.05) is 0 Å². The van der Waals surface area contributed by atoms with Crippen molar-refractivity contribution in [2.24, 2.45) is 0 Å². The predicted octanol–water partition coefficient (Wildman–Crippen LogP) is 4.44. The van der Waals surface area contributed by atoms with Gasteiger partial charge in [0.25, 0.3) is 0 Å². The van der Waals surface area contributed by atoms with Gasteiger partial charge >= 0.3 is 0 Å². The fraction of sp³-hybridized carbons (Fsp3) is 0.750. The molecule has 0 spiro atoms. The van der Waals surface area contributed by atoms with Gasteiger partial charge in [-0.25, -0.2) is 0 Å². The molecule has 74 valence electrons. The summed E-state index contributed by atoms with van der Waals surface area (Å²) in [6, 6.07) is 0. The Morgan fingerprint density at radius 3 is 2.38 bits per heavy atom. The molecule has 1 rings (SSSR count). The number of rotatable bonds is 0. The number of hydrogen-bond acceptors (Lipinski definition) is 1. The molecule has 0 fully saturated rings. The van der Waals surface area contributed by atoms with Crippen LogP contribution in [0.3, 0.4) is 0 Å². The van der Waals surface area contributed by atoms with Crippen molar-refractivity contribution >= 4 is 17.1 Å². The molecule has 1 heteroatoms. The average Bonchev–Trinajstić information content (AvgIpc) is 2.11. The van der Waals surface area contributed by atoms with E-state index >= 15 is 0 Å². The molecule has 0 atom stereocenters. The molecule has 0 saturated carbocycles. The second-order valence-electron chi connectivity index (χ2n) is 3.87. The monoisotopic (exact) mass is 196 g/mol. The maximum absolute atomic E-state index is 5.28. The zero-order chi connectivity index (χ0) is 9.36. The Bertz CT molecular complexity index is 170. The molecule has 0 heterocycles. The Morgan fingerprint density at radius 1 is 0.846 bits per heavy atom. The minimum atomic E-state index is 1.04. The molecule has 0 N–H and O–H groups in total. The summed E-state index contributed by atoms with van der Waals surface area (Å²) < 4.78 is 0. The van der Waals surface area contributed by atoms with Gasteiger partial charge < -0.3 is 0 Å². The van der Waals surface area contributed by atoms with Crippen LogP contribution >= 0.6 is 12.2 Å². The third-order valence-electron chi connectivity index (χ3n) is 2.59. The van der Waals surface area contributed by atoms with Crippen molar-refractivity contribution in [1.82, 2.24) is 0 Å². The Balaban J connectivity index is 2.26. The van der Waals surface area contributed by atoms with Crippen LogP contribution in [0.1, 0.15) is 57.8 Å². The summed E-state index contributed by atoms with van der Waals surface area (Å²) in [5.41, 5.74) is 0. The summed E-state index contributed by atoms with van der Waals surface area (Å²) in [5, 5.41) is 0. The van der Waals surface area contributed by atoms with Gasteiger partial charge in [0.05, 0.1) is 0 Å². The number of thiocarbonyl (C=S) groups is 1. The topological polar surface area (TPSA) is 0 Å². The third kappa shape index (κ3) is 5.98. The first-order chi connectivity index (χ1) is 6.39. The molecule has 1 aliphatic carbocycles. The van der Waals surface area contributed by atoms with Crippen molar-refractivity contribution in [2.75, 3.05) is 0 Å². The molecule has 0 aromatic heterocycles. The van der Waals surface area contributed by atoms with Crippen LogP contribution < -0.4 is 0 Å². The fourth-order valence-electron chi connectivity index (χ4n) is 1.73. The van der Waals surface area contributed by atoms with Gasteiger partial charge in [-0.15, -0.1) is 0 Å². The standard InChI is InChI=1S/C12H20S/c13-12-10-8-6-4-2-1-3-5-7-9-11-12/h6,8H,1-5,7,9-11H2. The van der Waals surface area contributed by atoms with Crippen molar-refractivity contribution in [3.8, 4) is 0 Å². The van der Waals surface area contributed by atoms with Crippen LogP contribution in [0.2, 0.25) is 0 Å². The summed E-state index contributed by atoms with van der Waals surface area (Å²) in [4.78, 5) is 1.25. The van der Waals surface area contributed by atoms with Crippen LogP contribution in [0.5, 0.6) is 0 Å². The highest BCUT2D eigenvalue weighted by Gasteiger charge is 1.96. The Morgan fingerprint density at radius 2 is 1.54 bits per heavy atom. The molecule has 0 aliphatic heterocycles. The van der Waals surface area contributed by atoms with Gasteiger partial charge in [0.1, 0.15) is 0 Å². The van der Waals surface area contributed by atoms with Crippen LogP contribution in [0.4, 0.5) is 0 Å². The molecule has 0 saturated heterocycles. The summed E-state index contributed by atoms with van der Waals surface area (Å²) in [5.74, 6) is 0. The average molecular weight is 196 g/mol. The predicted molar refractivity (Wildman–Crippen MR) is 63.3 cm³/mol. The first kappa shape index (κ1) is 10.9. The second-order valence-corrected chi connectivity index (χ2v) is 4.45. The minimum Gasteiger partial charge on any atom is -0.0894 e. The van der Waals surface area contributed by atoms with Crippen molar-refractivity contribution in [1.29, 1.82) is 0 Å². The summed E-state index contributed by atoms with van der Waals surface area (Å²) in [6.07, 6.45) is 16.3. The first-order valence-corrected chi connectivity index (χ1v) is 5.97. The second kappa shape index (κ2) is 7.25. The van der Waals surface area contributed by atoms with E-state index in [1.54, 1.807) is 0 Å². The number of allylic oxidation sites excluding steroid dienone is 2. The van der Waals surface area contributed by atoms with Gasteiger partial charge in [-0.2, -0.15) is 0 Å². The van der Waals surface area contributed by atoms with Crippen molar-refractivity contribution in [3.05, 3.63) is 12.2 Å². The molecular weight excluding hydrogens is 176 g/mol. The van der Waals surface area contributed by atoms with Gasteiger partial charge in [-0.05, 0) is 37.0 Å². The van der Waals surface area contributed by atoms with E-state index in [4.69, 9.17) is 12.2 Å². The van der Waals surface area contributed by atoms with E-state index in [0.717, 1.165) is 6.42 Å². The SMILES string of the molecule is S=C1CC=CCCCCCCCC1. The molecular formula is C12H20S. The first-order valence-electron chi connectivity index (χ1n) is 5.56. The van der Waals surface area contributed by atoms with E-state index in [2.05, 4.69) is 12.2 Å². The van der Waals surface area contributed by atoms with Crippen LogP contribution in [-0.4, -0.2) is 4.86 Å². The third-order valence-corrected chi connectivity index (χ3v) is 2.96. The van der Waals surface area contributed by atoms with E-state index in [0.29, 0.717) is 0 Å². The largest absolute Gasteiger partial charge is 0.0894 e. The highest BCUT2D eigenvalue weighted by Crippen LogP contribution is 2.12. The van der Waals surface area contributed by atoms with Gasteiger partial charge in [-0.3, -0.25) is 0 Å². The van der Waals surface area contributed by atoms with Gasteiger partial charge in [0.2, 0.25) is 0 Å². The molecule has 0 amide bonds.